The summed E-state index contributed by atoms with van der Waals surface area (Å²) in [6, 6.07) is 1.93. The van der Waals surface area contributed by atoms with E-state index in [1.807, 2.05) is 12.3 Å². The molecular weight excluding hydrogens is 300 g/mol. The van der Waals surface area contributed by atoms with E-state index < -0.39 is 10.0 Å². The number of nitrogens with zero attached hydrogens (tertiary/aromatic N) is 3. The van der Waals surface area contributed by atoms with Gasteiger partial charge in [-0.2, -0.15) is 0 Å². The first-order valence-electron chi connectivity index (χ1n) is 8.21. The fourth-order valence-electron chi connectivity index (χ4n) is 3.07. The minimum Gasteiger partial charge on any atom is -0.355 e. The third-order valence-electron chi connectivity index (χ3n) is 4.64. The average Bonchev–Trinajstić information content (AvgIpc) is 3.40. The van der Waals surface area contributed by atoms with Crippen molar-refractivity contribution in [1.82, 2.24) is 14.7 Å². The van der Waals surface area contributed by atoms with E-state index in [-0.39, 0.29) is 11.3 Å². The number of anilines is 1. The van der Waals surface area contributed by atoms with Crippen molar-refractivity contribution < 1.29 is 8.42 Å². The van der Waals surface area contributed by atoms with Crippen LogP contribution in [0.5, 0.6) is 0 Å². The van der Waals surface area contributed by atoms with Crippen molar-refractivity contribution in [3.05, 3.63) is 18.1 Å². The lowest BCUT2D eigenvalue weighted by Crippen LogP contribution is -2.48. The van der Waals surface area contributed by atoms with E-state index >= 15 is 0 Å². The van der Waals surface area contributed by atoms with Gasteiger partial charge < -0.3 is 4.90 Å². The van der Waals surface area contributed by atoms with E-state index in [4.69, 9.17) is 0 Å². The highest BCUT2D eigenvalue weighted by Gasteiger charge is 2.37. The maximum atomic E-state index is 12.1. The Bertz CT molecular complexity index is 655. The molecular formula is C15H22N4O2S. The zero-order valence-corrected chi connectivity index (χ0v) is 13.4. The third kappa shape index (κ3) is 3.10. The van der Waals surface area contributed by atoms with Crippen LogP contribution in [0.15, 0.2) is 12.3 Å². The van der Waals surface area contributed by atoms with Crippen molar-refractivity contribution in [2.75, 3.05) is 18.0 Å². The second-order valence-corrected chi connectivity index (χ2v) is 8.69. The van der Waals surface area contributed by atoms with Crippen LogP contribution < -0.4 is 9.62 Å². The number of aromatic nitrogens is 2. The van der Waals surface area contributed by atoms with Gasteiger partial charge in [0.15, 0.2) is 0 Å². The van der Waals surface area contributed by atoms with Crippen LogP contribution in [-0.4, -0.2) is 42.8 Å². The minimum atomic E-state index is -3.11. The molecule has 3 aliphatic rings. The molecule has 0 amide bonds. The van der Waals surface area contributed by atoms with Crippen LogP contribution in [0.4, 0.5) is 5.82 Å². The van der Waals surface area contributed by atoms with Crippen LogP contribution >= 0.6 is 0 Å². The molecule has 1 aromatic rings. The van der Waals surface area contributed by atoms with Crippen molar-refractivity contribution in [3.8, 4) is 0 Å². The third-order valence-corrected chi connectivity index (χ3v) is 6.65. The Morgan fingerprint density at radius 1 is 1.18 bits per heavy atom. The smallest absolute Gasteiger partial charge is 0.214 e. The Hall–Kier alpha value is -1.21. The Labute approximate surface area is 131 Å². The number of hydrogen-bond acceptors (Lipinski definition) is 5. The van der Waals surface area contributed by atoms with E-state index in [2.05, 4.69) is 19.6 Å². The molecule has 1 aromatic heterocycles. The van der Waals surface area contributed by atoms with Gasteiger partial charge in [0.05, 0.1) is 5.25 Å². The van der Waals surface area contributed by atoms with Crippen LogP contribution in [-0.2, 0) is 10.0 Å². The molecule has 1 N–H and O–H groups in total. The molecule has 7 heteroatoms. The molecule has 1 unspecified atom stereocenters. The van der Waals surface area contributed by atoms with Gasteiger partial charge in [0.1, 0.15) is 11.6 Å². The molecule has 2 heterocycles. The van der Waals surface area contributed by atoms with Gasteiger partial charge in [-0.1, -0.05) is 0 Å². The maximum Gasteiger partial charge on any atom is 0.214 e. The highest BCUT2D eigenvalue weighted by molar-refractivity contribution is 7.90. The second kappa shape index (κ2) is 5.45. The summed E-state index contributed by atoms with van der Waals surface area (Å²) >= 11 is 0. The molecule has 0 spiro atoms. The number of sulfonamides is 1. The van der Waals surface area contributed by atoms with Gasteiger partial charge in [-0.3, -0.25) is 0 Å². The van der Waals surface area contributed by atoms with Gasteiger partial charge >= 0.3 is 0 Å². The summed E-state index contributed by atoms with van der Waals surface area (Å²) < 4.78 is 27.1. The normalized spacial score (nSPS) is 26.2. The monoisotopic (exact) mass is 322 g/mol. The van der Waals surface area contributed by atoms with E-state index in [0.717, 1.165) is 43.9 Å². The summed E-state index contributed by atoms with van der Waals surface area (Å²) in [6.07, 6.45) is 7.71. The predicted molar refractivity (Wildman–Crippen MR) is 84.3 cm³/mol. The molecule has 1 aliphatic heterocycles. The lowest BCUT2D eigenvalue weighted by molar-refractivity contribution is 0.463. The number of hydrogen-bond donors (Lipinski definition) is 1. The standard InChI is InChI=1S/C15H22N4O2S/c20-22(21,13-5-6-13)18-12-2-1-9-19(10-12)14-7-8-16-15(17-14)11-3-4-11/h7-8,11-13,18H,1-6,9-10H2. The van der Waals surface area contributed by atoms with Gasteiger partial charge in [-0.05, 0) is 44.6 Å². The van der Waals surface area contributed by atoms with E-state index in [1.54, 1.807) is 0 Å². The van der Waals surface area contributed by atoms with Crippen LogP contribution in [0, 0.1) is 0 Å². The SMILES string of the molecule is O=S(=O)(NC1CCCN(c2ccnc(C3CC3)n2)C1)C1CC1. The first-order chi connectivity index (χ1) is 10.6. The summed E-state index contributed by atoms with van der Waals surface area (Å²) in [5.74, 6) is 2.42. The highest BCUT2D eigenvalue weighted by atomic mass is 32.2. The lowest BCUT2D eigenvalue weighted by Gasteiger charge is -2.33. The molecule has 6 nitrogen and oxygen atoms in total. The van der Waals surface area contributed by atoms with Gasteiger partial charge in [-0.15, -0.1) is 0 Å². The molecule has 0 aromatic carbocycles. The van der Waals surface area contributed by atoms with Gasteiger partial charge in [0, 0.05) is 31.2 Å². The highest BCUT2D eigenvalue weighted by Crippen LogP contribution is 2.38. The molecule has 3 fully saturated rings. The fourth-order valence-corrected chi connectivity index (χ4v) is 4.67. The molecule has 120 valence electrons. The zero-order valence-electron chi connectivity index (χ0n) is 12.6. The van der Waals surface area contributed by atoms with Gasteiger partial charge in [0.25, 0.3) is 0 Å². The van der Waals surface area contributed by atoms with Crippen molar-refractivity contribution >= 4 is 15.8 Å². The van der Waals surface area contributed by atoms with E-state index in [1.165, 1.54) is 12.8 Å². The molecule has 4 rings (SSSR count). The van der Waals surface area contributed by atoms with Crippen LogP contribution in [0.1, 0.15) is 50.3 Å². The van der Waals surface area contributed by atoms with Crippen molar-refractivity contribution in [2.24, 2.45) is 0 Å². The van der Waals surface area contributed by atoms with Gasteiger partial charge in [0.2, 0.25) is 10.0 Å². The van der Waals surface area contributed by atoms with Crippen molar-refractivity contribution in [1.29, 1.82) is 0 Å². The predicted octanol–water partition coefficient (Wildman–Crippen LogP) is 1.40. The van der Waals surface area contributed by atoms with Crippen molar-refractivity contribution in [2.45, 2.75) is 55.7 Å². The molecule has 2 aliphatic carbocycles. The molecule has 1 atom stereocenters. The zero-order chi connectivity index (χ0) is 15.2. The van der Waals surface area contributed by atoms with Gasteiger partial charge in [-0.25, -0.2) is 23.1 Å². The molecule has 0 bridgehead atoms. The summed E-state index contributed by atoms with van der Waals surface area (Å²) in [4.78, 5) is 11.2. The Morgan fingerprint density at radius 3 is 2.73 bits per heavy atom. The summed E-state index contributed by atoms with van der Waals surface area (Å²) in [5, 5.41) is -0.150. The molecule has 1 saturated heterocycles. The summed E-state index contributed by atoms with van der Waals surface area (Å²) in [5.41, 5.74) is 0. The maximum absolute atomic E-state index is 12.1. The van der Waals surface area contributed by atoms with Crippen molar-refractivity contribution in [3.63, 3.8) is 0 Å². The quantitative estimate of drug-likeness (QED) is 0.887. The van der Waals surface area contributed by atoms with Crippen LogP contribution in [0.2, 0.25) is 0 Å². The molecule has 0 radical (unpaired) electrons. The van der Waals surface area contributed by atoms with E-state index in [9.17, 15) is 8.42 Å². The number of nitrogens with one attached hydrogen (secondary N) is 1. The summed E-state index contributed by atoms with van der Waals surface area (Å²) in [6.45, 7) is 1.63. The minimum absolute atomic E-state index is 0.00121. The fraction of sp³-hybridized carbons (Fsp3) is 0.733. The molecule has 2 saturated carbocycles. The van der Waals surface area contributed by atoms with Crippen LogP contribution in [0.25, 0.3) is 0 Å². The first kappa shape index (κ1) is 14.4. The average molecular weight is 322 g/mol. The first-order valence-corrected chi connectivity index (χ1v) is 9.75. The Kier molecular flexibility index (Phi) is 3.57. The topological polar surface area (TPSA) is 75.2 Å². The largest absolute Gasteiger partial charge is 0.355 e. The van der Waals surface area contributed by atoms with E-state index in [0.29, 0.717) is 12.5 Å². The second-order valence-electron chi connectivity index (χ2n) is 6.69. The lowest BCUT2D eigenvalue weighted by atomic mass is 10.1. The summed E-state index contributed by atoms with van der Waals surface area (Å²) in [7, 11) is -3.11. The van der Waals surface area contributed by atoms with Crippen LogP contribution in [0.3, 0.4) is 0 Å². The number of rotatable bonds is 5. The Morgan fingerprint density at radius 2 is 2.00 bits per heavy atom. The number of piperidine rings is 1. The Balaban J connectivity index is 1.45. The molecule has 22 heavy (non-hydrogen) atoms.